The van der Waals surface area contributed by atoms with Gasteiger partial charge in [0, 0.05) is 0 Å². The maximum absolute atomic E-state index is 14.7. The van der Waals surface area contributed by atoms with Crippen molar-refractivity contribution in [1.82, 2.24) is 0 Å². The van der Waals surface area contributed by atoms with Gasteiger partial charge in [-0.15, -0.1) is 0 Å². The van der Waals surface area contributed by atoms with Gasteiger partial charge in [-0.25, -0.2) is 0 Å². The standard InChI is InChI=1S/C31H21F17Ge/c32-24(33,25(34,35)26(36,37)27(38,39)28(40,41)29(42,43)30(44,45)31(46,47)48)14-5-15-49(22-12-10-18-6-1-3-8-20(18)16-22)23-13-11-19-7-2-4-9-21(19)17-23/h1-4,6-13,16-17,49H,5,14-15H2. The number of fused-ring (bicyclic) bond motifs is 2. The average Bonchev–Trinajstić information content (AvgIpc) is 3.01. The minimum atomic E-state index is -8.63. The van der Waals surface area contributed by atoms with E-state index >= 15 is 0 Å². The normalized spacial score (nSPS) is 14.7. The molecule has 0 nitrogen and oxygen atoms in total. The third-order valence-electron chi connectivity index (χ3n) is 8.12. The van der Waals surface area contributed by atoms with Crippen molar-refractivity contribution >= 4 is 44.7 Å². The van der Waals surface area contributed by atoms with Crippen LogP contribution in [0.2, 0.25) is 5.25 Å². The van der Waals surface area contributed by atoms with Gasteiger partial charge in [0.05, 0.1) is 0 Å². The van der Waals surface area contributed by atoms with Crippen molar-refractivity contribution in [3.63, 3.8) is 0 Å². The van der Waals surface area contributed by atoms with Crippen molar-refractivity contribution in [3.05, 3.63) is 84.9 Å². The van der Waals surface area contributed by atoms with E-state index in [0.717, 1.165) is 10.8 Å². The van der Waals surface area contributed by atoms with Gasteiger partial charge in [0.25, 0.3) is 0 Å². The molecule has 18 heteroatoms. The summed E-state index contributed by atoms with van der Waals surface area (Å²) in [5.74, 6) is -56.2. The van der Waals surface area contributed by atoms with Crippen LogP contribution in [0.5, 0.6) is 0 Å². The summed E-state index contributed by atoms with van der Waals surface area (Å²) in [5.41, 5.74) is 0. The predicted octanol–water partition coefficient (Wildman–Crippen LogP) is 10.1. The van der Waals surface area contributed by atoms with Gasteiger partial charge in [-0.3, -0.25) is 0 Å². The molecule has 49 heavy (non-hydrogen) atoms. The zero-order valence-corrected chi connectivity index (χ0v) is 26.6. The Hall–Kier alpha value is -3.25. The van der Waals surface area contributed by atoms with Gasteiger partial charge < -0.3 is 0 Å². The van der Waals surface area contributed by atoms with E-state index in [-0.39, 0.29) is 0 Å². The summed E-state index contributed by atoms with van der Waals surface area (Å²) in [4.78, 5) is 0. The third-order valence-corrected chi connectivity index (χ3v) is 15.1. The van der Waals surface area contributed by atoms with E-state index in [1.54, 1.807) is 84.9 Å². The zero-order valence-electron chi connectivity index (χ0n) is 24.2. The molecule has 0 bridgehead atoms. The van der Waals surface area contributed by atoms with Crippen LogP contribution in [0.15, 0.2) is 84.9 Å². The monoisotopic (exact) mass is 790 g/mol. The summed E-state index contributed by atoms with van der Waals surface area (Å²) in [6.07, 6.45) is -11.3. The van der Waals surface area contributed by atoms with Gasteiger partial charge >= 0.3 is 270 Å². The van der Waals surface area contributed by atoms with Crippen LogP contribution in [0.25, 0.3) is 21.5 Å². The van der Waals surface area contributed by atoms with Crippen LogP contribution in [0, 0.1) is 0 Å². The Bertz CT molecular complexity index is 1720. The predicted molar refractivity (Wildman–Crippen MR) is 149 cm³/mol. The molecule has 0 fully saturated rings. The molecule has 268 valence electrons. The number of benzene rings is 4. The molecule has 0 atom stereocenters. The molecular formula is C31H21F17Ge. The maximum atomic E-state index is 14.7. The molecule has 4 aromatic rings. The van der Waals surface area contributed by atoms with E-state index in [9.17, 15) is 74.6 Å². The number of rotatable bonds is 12. The summed E-state index contributed by atoms with van der Waals surface area (Å²) in [6.45, 7) is 0. The first-order chi connectivity index (χ1) is 22.2. The van der Waals surface area contributed by atoms with Crippen molar-refractivity contribution in [2.75, 3.05) is 0 Å². The van der Waals surface area contributed by atoms with Gasteiger partial charge in [-0.05, 0) is 0 Å². The van der Waals surface area contributed by atoms with E-state index in [2.05, 4.69) is 0 Å². The SMILES string of the molecule is FC(F)(F)C(F)(F)C(F)(F)C(F)(F)C(F)(F)C(F)(F)C(F)(F)C(F)(F)CC[CH2][GeH]([c]1ccc2ccccc2c1)[c]1ccc2ccccc2c1. The molecule has 0 N–H and O–H groups in total. The van der Waals surface area contributed by atoms with Crippen LogP contribution in [-0.4, -0.2) is 62.0 Å². The van der Waals surface area contributed by atoms with Crippen molar-refractivity contribution in [1.29, 1.82) is 0 Å². The quantitative estimate of drug-likeness (QED) is 0.0991. The Kier molecular flexibility index (Phi) is 9.84. The second-order valence-corrected chi connectivity index (χ2v) is 17.6. The Balaban J connectivity index is 1.66. The van der Waals surface area contributed by atoms with E-state index < -0.39 is 80.1 Å². The Morgan fingerprint density at radius 1 is 0.388 bits per heavy atom. The number of hydrogen-bond acceptors (Lipinski definition) is 0. The molecule has 0 aliphatic rings. The van der Waals surface area contributed by atoms with E-state index in [1.807, 2.05) is 0 Å². The molecule has 0 heterocycles. The third kappa shape index (κ3) is 6.21. The summed E-state index contributed by atoms with van der Waals surface area (Å²) in [5, 5.41) is 2.42. The first-order valence-corrected chi connectivity index (χ1v) is 18.1. The molecule has 0 spiro atoms. The van der Waals surface area contributed by atoms with Crippen LogP contribution < -0.4 is 8.79 Å². The molecule has 0 aliphatic heterocycles. The van der Waals surface area contributed by atoms with Gasteiger partial charge in [0.2, 0.25) is 0 Å². The molecule has 0 radical (unpaired) electrons. The number of alkyl halides is 17. The van der Waals surface area contributed by atoms with Gasteiger partial charge in [-0.1, -0.05) is 0 Å². The molecule has 0 aliphatic carbocycles. The second kappa shape index (κ2) is 12.5. The fourth-order valence-corrected chi connectivity index (χ4v) is 11.7. The molecule has 4 aromatic carbocycles. The summed E-state index contributed by atoms with van der Waals surface area (Å²) in [7, 11) is 0. The van der Waals surface area contributed by atoms with Crippen LogP contribution in [0.3, 0.4) is 0 Å². The summed E-state index contributed by atoms with van der Waals surface area (Å²) >= 11 is -3.43. The topological polar surface area (TPSA) is 0 Å². The van der Waals surface area contributed by atoms with Gasteiger partial charge in [-0.2, -0.15) is 0 Å². The van der Waals surface area contributed by atoms with Crippen LogP contribution in [0.4, 0.5) is 74.6 Å². The van der Waals surface area contributed by atoms with E-state index in [0.29, 0.717) is 19.6 Å². The van der Waals surface area contributed by atoms with Crippen molar-refractivity contribution < 1.29 is 74.6 Å². The Morgan fingerprint density at radius 2 is 0.735 bits per heavy atom. The fraction of sp³-hybridized carbons (Fsp3) is 0.355. The van der Waals surface area contributed by atoms with Crippen molar-refractivity contribution in [3.8, 4) is 0 Å². The van der Waals surface area contributed by atoms with E-state index in [4.69, 9.17) is 0 Å². The van der Waals surface area contributed by atoms with Crippen molar-refractivity contribution in [2.24, 2.45) is 0 Å². The number of halogens is 17. The van der Waals surface area contributed by atoms with Crippen molar-refractivity contribution in [2.45, 2.75) is 65.7 Å². The molecule has 0 saturated carbocycles. The molecule has 0 aromatic heterocycles. The van der Waals surface area contributed by atoms with E-state index in [1.165, 1.54) is 0 Å². The average molecular weight is 789 g/mol. The fourth-order valence-electron chi connectivity index (χ4n) is 5.26. The Morgan fingerprint density at radius 3 is 1.12 bits per heavy atom. The molecular weight excluding hydrogens is 768 g/mol. The van der Waals surface area contributed by atoms with Crippen LogP contribution in [-0.2, 0) is 0 Å². The van der Waals surface area contributed by atoms with Crippen LogP contribution >= 0.6 is 0 Å². The summed E-state index contributed by atoms with van der Waals surface area (Å²) < 4.78 is 234. The minimum absolute atomic E-state index is 0.413. The molecule has 4 rings (SSSR count). The van der Waals surface area contributed by atoms with Crippen LogP contribution in [0.1, 0.15) is 12.8 Å². The molecule has 0 unspecified atom stereocenters. The second-order valence-electron chi connectivity index (χ2n) is 11.3. The number of hydrogen-bond donors (Lipinski definition) is 0. The summed E-state index contributed by atoms with van der Waals surface area (Å²) in [6, 6.07) is 23.5. The molecule has 0 amide bonds. The van der Waals surface area contributed by atoms with Gasteiger partial charge in [0.15, 0.2) is 0 Å². The van der Waals surface area contributed by atoms with Gasteiger partial charge in [0.1, 0.15) is 0 Å². The molecule has 0 saturated heterocycles. The first-order valence-electron chi connectivity index (χ1n) is 13.9. The Labute approximate surface area is 270 Å². The zero-order chi connectivity index (χ0) is 37.1. The first kappa shape index (κ1) is 38.6.